The van der Waals surface area contributed by atoms with Crippen LogP contribution in [-0.2, 0) is 9.53 Å². The van der Waals surface area contributed by atoms with Gasteiger partial charge in [0.1, 0.15) is 11.1 Å². The second kappa shape index (κ2) is 5.75. The van der Waals surface area contributed by atoms with Crippen LogP contribution in [0.3, 0.4) is 0 Å². The van der Waals surface area contributed by atoms with Gasteiger partial charge in [-0.1, -0.05) is 12.2 Å². The van der Waals surface area contributed by atoms with Gasteiger partial charge in [-0.25, -0.2) is 0 Å². The molecule has 0 aromatic carbocycles. The Morgan fingerprint density at radius 3 is 2.76 bits per heavy atom. The van der Waals surface area contributed by atoms with E-state index in [0.29, 0.717) is 24.7 Å². The predicted octanol–water partition coefficient (Wildman–Crippen LogP) is -0.112. The summed E-state index contributed by atoms with van der Waals surface area (Å²) in [5.74, 6) is 0.0149. The molecule has 1 aliphatic rings. The largest absolute Gasteiger partial charge is 0.391 e. The van der Waals surface area contributed by atoms with E-state index in [4.69, 9.17) is 22.7 Å². The number of thiocarbonyl (C=S) groups is 1. The normalized spacial score (nSPS) is 22.2. The maximum Gasteiger partial charge on any atom is 0.234 e. The van der Waals surface area contributed by atoms with Gasteiger partial charge < -0.3 is 15.8 Å². The van der Waals surface area contributed by atoms with Crippen LogP contribution in [0, 0.1) is 0 Å². The first-order chi connectivity index (χ1) is 7.78. The van der Waals surface area contributed by atoms with Crippen molar-refractivity contribution in [3.63, 3.8) is 0 Å². The second-order valence-corrected chi connectivity index (χ2v) is 5.77. The molecule has 0 radical (unpaired) electrons. The Bertz CT molecular complexity index is 302. The Balaban J connectivity index is 2.41. The zero-order valence-corrected chi connectivity index (χ0v) is 11.5. The van der Waals surface area contributed by atoms with E-state index in [2.05, 4.69) is 5.32 Å². The minimum atomic E-state index is -0.235. The molecule has 0 aliphatic carbocycles. The summed E-state index contributed by atoms with van der Waals surface area (Å²) in [6.07, 6.45) is -0.235. The van der Waals surface area contributed by atoms with Crippen molar-refractivity contribution in [2.24, 2.45) is 5.73 Å². The van der Waals surface area contributed by atoms with Gasteiger partial charge in [0.2, 0.25) is 5.91 Å². The highest BCUT2D eigenvalue weighted by atomic mass is 32.1. The van der Waals surface area contributed by atoms with E-state index < -0.39 is 0 Å². The van der Waals surface area contributed by atoms with Crippen molar-refractivity contribution in [3.8, 4) is 0 Å². The summed E-state index contributed by atoms with van der Waals surface area (Å²) in [5, 5.41) is 2.92. The molecule has 1 unspecified atom stereocenters. The van der Waals surface area contributed by atoms with Gasteiger partial charge in [-0.05, 0) is 20.8 Å². The Hall–Kier alpha value is -0.720. The van der Waals surface area contributed by atoms with Crippen molar-refractivity contribution < 1.29 is 9.53 Å². The highest BCUT2D eigenvalue weighted by molar-refractivity contribution is 7.80. The molecule has 17 heavy (non-hydrogen) atoms. The lowest BCUT2D eigenvalue weighted by Crippen LogP contribution is -2.52. The third kappa shape index (κ3) is 5.43. The molecule has 1 rings (SSSR count). The van der Waals surface area contributed by atoms with Crippen molar-refractivity contribution >= 4 is 23.1 Å². The van der Waals surface area contributed by atoms with Crippen LogP contribution in [0.1, 0.15) is 20.8 Å². The number of carbonyl (C=O) groups excluding carboxylic acids is 1. The van der Waals surface area contributed by atoms with E-state index in [1.54, 1.807) is 0 Å². The van der Waals surface area contributed by atoms with Gasteiger partial charge in [0.15, 0.2) is 0 Å². The molecule has 3 N–H and O–H groups in total. The van der Waals surface area contributed by atoms with Crippen molar-refractivity contribution in [2.45, 2.75) is 32.4 Å². The molecular formula is C11H21N3O2S. The summed E-state index contributed by atoms with van der Waals surface area (Å²) in [6, 6.07) is 0. The number of ether oxygens (including phenoxy) is 1. The lowest BCUT2D eigenvalue weighted by Gasteiger charge is -2.32. The number of nitrogens with zero attached hydrogens (tertiary/aromatic N) is 1. The monoisotopic (exact) mass is 259 g/mol. The van der Waals surface area contributed by atoms with Crippen LogP contribution < -0.4 is 11.1 Å². The van der Waals surface area contributed by atoms with E-state index in [0.717, 1.165) is 6.54 Å². The molecule has 5 nitrogen and oxygen atoms in total. The molecule has 1 fully saturated rings. The number of rotatable bonds is 3. The smallest absolute Gasteiger partial charge is 0.234 e. The third-order valence-corrected chi connectivity index (χ3v) is 2.61. The summed E-state index contributed by atoms with van der Waals surface area (Å²) >= 11 is 4.90. The molecule has 1 amide bonds. The van der Waals surface area contributed by atoms with Crippen LogP contribution in [0.15, 0.2) is 0 Å². The molecule has 0 bridgehead atoms. The Morgan fingerprint density at radius 1 is 1.59 bits per heavy atom. The molecular weight excluding hydrogens is 238 g/mol. The van der Waals surface area contributed by atoms with Crippen molar-refractivity contribution in [3.05, 3.63) is 0 Å². The number of nitrogens with one attached hydrogen (secondary N) is 1. The van der Waals surface area contributed by atoms with Gasteiger partial charge in [0, 0.05) is 18.6 Å². The second-order valence-electron chi connectivity index (χ2n) is 5.30. The lowest BCUT2D eigenvalue weighted by molar-refractivity contribution is -0.125. The summed E-state index contributed by atoms with van der Waals surface area (Å²) in [5.41, 5.74) is 5.34. The highest BCUT2D eigenvalue weighted by Crippen LogP contribution is 2.06. The Kier molecular flexibility index (Phi) is 4.85. The molecule has 1 saturated heterocycles. The van der Waals surface area contributed by atoms with E-state index in [1.807, 2.05) is 25.7 Å². The standard InChI is InChI=1S/C11H21N3O2S/c1-11(2,3)13-9(15)7-14-4-5-16-8(6-14)10(12)17/h8H,4-7H2,1-3H3,(H2,12,17)(H,13,15). The fourth-order valence-electron chi connectivity index (χ4n) is 1.68. The maximum atomic E-state index is 11.7. The van der Waals surface area contributed by atoms with Crippen molar-refractivity contribution in [1.82, 2.24) is 10.2 Å². The number of morpholine rings is 1. The SMILES string of the molecule is CC(C)(C)NC(=O)CN1CCOC(C(N)=S)C1. The average molecular weight is 259 g/mol. The van der Waals surface area contributed by atoms with Crippen LogP contribution >= 0.6 is 12.2 Å². The third-order valence-electron chi connectivity index (χ3n) is 2.35. The Morgan fingerprint density at radius 2 is 2.24 bits per heavy atom. The summed E-state index contributed by atoms with van der Waals surface area (Å²) < 4.78 is 5.41. The minimum absolute atomic E-state index is 0.0149. The molecule has 1 aliphatic heterocycles. The van der Waals surface area contributed by atoms with Crippen LogP contribution in [0.4, 0.5) is 0 Å². The van der Waals surface area contributed by atoms with Crippen molar-refractivity contribution in [1.29, 1.82) is 0 Å². The molecule has 1 heterocycles. The number of nitrogens with two attached hydrogens (primary N) is 1. The van der Waals surface area contributed by atoms with Gasteiger partial charge in [-0.3, -0.25) is 9.69 Å². The van der Waals surface area contributed by atoms with Crippen LogP contribution in [0.25, 0.3) is 0 Å². The molecule has 0 spiro atoms. The number of carbonyl (C=O) groups is 1. The molecule has 0 aromatic rings. The summed E-state index contributed by atoms with van der Waals surface area (Å²) in [6.45, 7) is 8.13. The first-order valence-corrected chi connectivity index (χ1v) is 6.13. The van der Waals surface area contributed by atoms with Gasteiger partial charge in [-0.2, -0.15) is 0 Å². The fourth-order valence-corrected chi connectivity index (χ4v) is 1.82. The topological polar surface area (TPSA) is 67.6 Å². The molecule has 98 valence electrons. The quantitative estimate of drug-likeness (QED) is 0.692. The number of hydrogen-bond acceptors (Lipinski definition) is 4. The highest BCUT2D eigenvalue weighted by Gasteiger charge is 2.24. The molecule has 0 aromatic heterocycles. The van der Waals surface area contributed by atoms with Crippen LogP contribution in [0.2, 0.25) is 0 Å². The number of amides is 1. The minimum Gasteiger partial charge on any atom is -0.391 e. The first kappa shape index (κ1) is 14.3. The summed E-state index contributed by atoms with van der Waals surface area (Å²) in [4.78, 5) is 14.1. The maximum absolute atomic E-state index is 11.7. The van der Waals surface area contributed by atoms with Gasteiger partial charge in [0.05, 0.1) is 13.2 Å². The van der Waals surface area contributed by atoms with Gasteiger partial charge in [-0.15, -0.1) is 0 Å². The van der Waals surface area contributed by atoms with E-state index in [1.165, 1.54) is 0 Å². The number of hydrogen-bond donors (Lipinski definition) is 2. The molecule has 0 saturated carbocycles. The fraction of sp³-hybridized carbons (Fsp3) is 0.818. The van der Waals surface area contributed by atoms with Gasteiger partial charge in [0.25, 0.3) is 0 Å². The van der Waals surface area contributed by atoms with E-state index >= 15 is 0 Å². The lowest BCUT2D eigenvalue weighted by atomic mass is 10.1. The summed E-state index contributed by atoms with van der Waals surface area (Å²) in [7, 11) is 0. The van der Waals surface area contributed by atoms with Gasteiger partial charge >= 0.3 is 0 Å². The first-order valence-electron chi connectivity index (χ1n) is 5.72. The van der Waals surface area contributed by atoms with Crippen LogP contribution in [0.5, 0.6) is 0 Å². The molecule has 6 heteroatoms. The zero-order valence-electron chi connectivity index (χ0n) is 10.7. The van der Waals surface area contributed by atoms with E-state index in [9.17, 15) is 4.79 Å². The predicted molar refractivity (Wildman–Crippen MR) is 70.9 cm³/mol. The van der Waals surface area contributed by atoms with Crippen molar-refractivity contribution in [2.75, 3.05) is 26.2 Å². The zero-order chi connectivity index (χ0) is 13.1. The molecule has 1 atom stereocenters. The van der Waals surface area contributed by atoms with Crippen LogP contribution in [-0.4, -0.2) is 53.7 Å². The van der Waals surface area contributed by atoms with E-state index in [-0.39, 0.29) is 17.6 Å². The Labute approximate surface area is 108 Å². The average Bonchev–Trinajstić information content (AvgIpc) is 2.14.